The second-order valence-electron chi connectivity index (χ2n) is 11.1. The molecule has 0 aromatic heterocycles. The summed E-state index contributed by atoms with van der Waals surface area (Å²) in [5.41, 5.74) is 0.712. The van der Waals surface area contributed by atoms with Crippen molar-refractivity contribution >= 4 is 52.6 Å². The Morgan fingerprint density at radius 2 is 1.48 bits per heavy atom. The number of hydrogen-bond donors (Lipinski definition) is 6. The summed E-state index contributed by atoms with van der Waals surface area (Å²) in [5, 5.41) is 21.4. The van der Waals surface area contributed by atoms with E-state index in [1.165, 1.54) is 12.1 Å². The molecule has 2 fully saturated rings. The fraction of sp³-hybridized carbons (Fsp3) is 0.679. The molecular formula is C28H47Cl2N5O6S. The molecule has 14 heteroatoms. The lowest BCUT2D eigenvalue weighted by atomic mass is 9.84. The number of halogens is 2. The van der Waals surface area contributed by atoms with Crippen LogP contribution in [0.25, 0.3) is 0 Å². The van der Waals surface area contributed by atoms with Crippen molar-refractivity contribution in [1.29, 1.82) is 0 Å². The standard InChI is InChI=1S/C28H45N5O6S.2ClH/c1-20-3-2-4-24(17-20)40(38,39)33-25(28(36)37)18-31-26(34)19-32-27(35)23(7-5-21-9-13-29-14-10-21)8-6-22-11-15-30-16-12-22;;/h2-4,17,21-23,25,29-30,33H,5-16,18-19H2,1H3,(H,31,34)(H,32,35)(H,36,37);2*1H. The van der Waals surface area contributed by atoms with Gasteiger partial charge in [0.15, 0.2) is 0 Å². The smallest absolute Gasteiger partial charge is 0.323 e. The van der Waals surface area contributed by atoms with Crippen molar-refractivity contribution in [1.82, 2.24) is 26.0 Å². The van der Waals surface area contributed by atoms with Crippen molar-refractivity contribution < 1.29 is 27.9 Å². The lowest BCUT2D eigenvalue weighted by molar-refractivity contribution is -0.139. The minimum absolute atomic E-state index is 0. The van der Waals surface area contributed by atoms with Crippen molar-refractivity contribution in [3.05, 3.63) is 29.8 Å². The van der Waals surface area contributed by atoms with Gasteiger partial charge >= 0.3 is 5.97 Å². The number of carbonyl (C=O) groups is 3. The molecule has 1 unspecified atom stereocenters. The van der Waals surface area contributed by atoms with E-state index in [0.29, 0.717) is 17.4 Å². The van der Waals surface area contributed by atoms with E-state index in [9.17, 15) is 27.9 Å². The molecule has 0 aliphatic carbocycles. The third kappa shape index (κ3) is 13.1. The van der Waals surface area contributed by atoms with Crippen LogP contribution in [0.15, 0.2) is 29.2 Å². The van der Waals surface area contributed by atoms with Crippen LogP contribution in [-0.2, 0) is 24.4 Å². The minimum atomic E-state index is -4.10. The number of amides is 2. The number of carboxylic acid groups (broad SMARTS) is 1. The molecule has 2 saturated heterocycles. The molecule has 0 radical (unpaired) electrons. The molecule has 0 spiro atoms. The molecule has 3 rings (SSSR count). The number of nitrogens with one attached hydrogen (secondary N) is 5. The second-order valence-corrected chi connectivity index (χ2v) is 12.8. The summed E-state index contributed by atoms with van der Waals surface area (Å²) in [4.78, 5) is 37.2. The Morgan fingerprint density at radius 3 is 1.98 bits per heavy atom. The fourth-order valence-electron chi connectivity index (χ4n) is 5.43. The summed E-state index contributed by atoms with van der Waals surface area (Å²) in [6.45, 7) is 5.01. The fourth-order valence-corrected chi connectivity index (χ4v) is 6.72. The zero-order valence-corrected chi connectivity index (χ0v) is 26.7. The molecule has 1 atom stereocenters. The summed E-state index contributed by atoms with van der Waals surface area (Å²) in [6, 6.07) is 4.54. The molecule has 1 aromatic rings. The number of rotatable bonds is 15. The van der Waals surface area contributed by atoms with Crippen LogP contribution in [0.4, 0.5) is 0 Å². The Bertz CT molecular complexity index is 1080. The molecule has 2 aliphatic heterocycles. The Labute approximate surface area is 262 Å². The van der Waals surface area contributed by atoms with Crippen LogP contribution in [0, 0.1) is 24.7 Å². The monoisotopic (exact) mass is 651 g/mol. The van der Waals surface area contributed by atoms with E-state index < -0.39 is 34.5 Å². The maximum absolute atomic E-state index is 13.1. The van der Waals surface area contributed by atoms with Crippen LogP contribution >= 0.6 is 24.8 Å². The first-order chi connectivity index (χ1) is 19.1. The highest BCUT2D eigenvalue weighted by Crippen LogP contribution is 2.26. The van der Waals surface area contributed by atoms with Gasteiger partial charge in [-0.2, -0.15) is 4.72 Å². The van der Waals surface area contributed by atoms with Crippen LogP contribution < -0.4 is 26.0 Å². The Morgan fingerprint density at radius 1 is 0.929 bits per heavy atom. The zero-order chi connectivity index (χ0) is 29.0. The summed E-state index contributed by atoms with van der Waals surface area (Å²) in [7, 11) is -4.10. The molecular weight excluding hydrogens is 605 g/mol. The maximum Gasteiger partial charge on any atom is 0.323 e. The first-order valence-electron chi connectivity index (χ1n) is 14.4. The van der Waals surface area contributed by atoms with Gasteiger partial charge in [0.2, 0.25) is 21.8 Å². The van der Waals surface area contributed by atoms with Crippen molar-refractivity contribution in [2.45, 2.75) is 69.2 Å². The van der Waals surface area contributed by atoms with Gasteiger partial charge in [-0.1, -0.05) is 12.1 Å². The lowest BCUT2D eigenvalue weighted by Gasteiger charge is -2.27. The largest absolute Gasteiger partial charge is 0.480 e. The molecule has 240 valence electrons. The first kappa shape index (κ1) is 38.1. The van der Waals surface area contributed by atoms with E-state index in [2.05, 4.69) is 26.0 Å². The Kier molecular flexibility index (Phi) is 17.5. The predicted molar refractivity (Wildman–Crippen MR) is 167 cm³/mol. The number of carbonyl (C=O) groups excluding carboxylic acids is 2. The summed E-state index contributed by atoms with van der Waals surface area (Å²) in [6.07, 6.45) is 7.99. The van der Waals surface area contributed by atoms with Crippen LogP contribution in [0.3, 0.4) is 0 Å². The summed E-state index contributed by atoms with van der Waals surface area (Å²) >= 11 is 0. The maximum atomic E-state index is 13.1. The van der Waals surface area contributed by atoms with Gasteiger partial charge in [0.1, 0.15) is 6.04 Å². The number of carboxylic acids is 1. The van der Waals surface area contributed by atoms with Gasteiger partial charge in [-0.15, -0.1) is 24.8 Å². The third-order valence-electron chi connectivity index (χ3n) is 7.96. The van der Waals surface area contributed by atoms with E-state index in [-0.39, 0.29) is 48.1 Å². The average molecular weight is 653 g/mol. The normalized spacial score (nSPS) is 17.0. The van der Waals surface area contributed by atoms with E-state index in [4.69, 9.17) is 0 Å². The quantitative estimate of drug-likeness (QED) is 0.167. The summed E-state index contributed by atoms with van der Waals surface area (Å²) < 4.78 is 27.4. The summed E-state index contributed by atoms with van der Waals surface area (Å²) in [5.74, 6) is -1.12. The molecule has 2 aliphatic rings. The number of piperidine rings is 2. The van der Waals surface area contributed by atoms with Crippen LogP contribution in [0.2, 0.25) is 0 Å². The van der Waals surface area contributed by atoms with Crippen molar-refractivity contribution in [2.24, 2.45) is 17.8 Å². The van der Waals surface area contributed by atoms with Crippen molar-refractivity contribution in [2.75, 3.05) is 39.3 Å². The molecule has 42 heavy (non-hydrogen) atoms. The number of sulfonamides is 1. The molecule has 0 saturated carbocycles. The highest BCUT2D eigenvalue weighted by molar-refractivity contribution is 7.89. The van der Waals surface area contributed by atoms with Gasteiger partial charge in [0.25, 0.3) is 0 Å². The second kappa shape index (κ2) is 19.3. The minimum Gasteiger partial charge on any atom is -0.480 e. The van der Waals surface area contributed by atoms with E-state index in [0.717, 1.165) is 77.5 Å². The van der Waals surface area contributed by atoms with Crippen LogP contribution in [0.1, 0.15) is 56.9 Å². The zero-order valence-electron chi connectivity index (χ0n) is 24.2. The van der Waals surface area contributed by atoms with Gasteiger partial charge in [0, 0.05) is 12.5 Å². The Hall–Kier alpha value is -1.96. The molecule has 1 aromatic carbocycles. The predicted octanol–water partition coefficient (Wildman–Crippen LogP) is 1.98. The van der Waals surface area contributed by atoms with Gasteiger partial charge in [-0.25, -0.2) is 8.42 Å². The van der Waals surface area contributed by atoms with E-state index in [1.807, 2.05) is 0 Å². The molecule has 2 amide bonds. The molecule has 6 N–H and O–H groups in total. The van der Waals surface area contributed by atoms with Crippen LogP contribution in [0.5, 0.6) is 0 Å². The Balaban J connectivity index is 0.00000441. The average Bonchev–Trinajstić information content (AvgIpc) is 2.95. The van der Waals surface area contributed by atoms with Gasteiger partial charge in [-0.3, -0.25) is 14.4 Å². The lowest BCUT2D eigenvalue weighted by Crippen LogP contribution is -2.50. The highest BCUT2D eigenvalue weighted by atomic mass is 35.5. The number of hydrogen-bond acceptors (Lipinski definition) is 7. The van der Waals surface area contributed by atoms with Gasteiger partial charge in [-0.05, 0) is 114 Å². The van der Waals surface area contributed by atoms with Crippen molar-refractivity contribution in [3.8, 4) is 0 Å². The first-order valence-corrected chi connectivity index (χ1v) is 15.9. The van der Waals surface area contributed by atoms with Crippen LogP contribution in [-0.4, -0.2) is 76.6 Å². The van der Waals surface area contributed by atoms with Gasteiger partial charge in [0.05, 0.1) is 11.4 Å². The number of aryl methyl sites for hydroxylation is 1. The molecule has 0 bridgehead atoms. The number of aliphatic carboxylic acids is 1. The highest BCUT2D eigenvalue weighted by Gasteiger charge is 2.27. The van der Waals surface area contributed by atoms with E-state index in [1.54, 1.807) is 19.1 Å². The SMILES string of the molecule is Cc1cccc(S(=O)(=O)NC(CNC(=O)CNC(=O)C(CCC2CCNCC2)CCC2CCNCC2)C(=O)O)c1.Cl.Cl. The number of benzene rings is 1. The molecule has 11 nitrogen and oxygen atoms in total. The topological polar surface area (TPSA) is 166 Å². The van der Waals surface area contributed by atoms with Crippen molar-refractivity contribution in [3.63, 3.8) is 0 Å². The third-order valence-corrected chi connectivity index (χ3v) is 9.43. The van der Waals surface area contributed by atoms with Gasteiger partial charge < -0.3 is 26.4 Å². The van der Waals surface area contributed by atoms with E-state index >= 15 is 0 Å². The molecule has 2 heterocycles.